The number of hydrogen-bond donors (Lipinski definition) is 0. The monoisotopic (exact) mass is 280 g/mol. The zero-order valence-corrected chi connectivity index (χ0v) is 10.9. The van der Waals surface area contributed by atoms with Crippen LogP contribution < -0.4 is 4.90 Å². The summed E-state index contributed by atoms with van der Waals surface area (Å²) in [5.74, 6) is -0.400. The summed E-state index contributed by atoms with van der Waals surface area (Å²) in [6, 6.07) is 11.6. The van der Waals surface area contributed by atoms with Crippen LogP contribution in [0.4, 0.5) is 19.0 Å². The normalized spacial score (nSPS) is 17.6. The predicted molar refractivity (Wildman–Crippen MR) is 72.7 cm³/mol. The van der Waals surface area contributed by atoms with Crippen molar-refractivity contribution in [3.63, 3.8) is 0 Å². The molecule has 1 aromatic carbocycles. The molecule has 20 heavy (non-hydrogen) atoms. The van der Waals surface area contributed by atoms with E-state index in [-0.39, 0.29) is 12.8 Å². The van der Waals surface area contributed by atoms with Gasteiger partial charge in [0.15, 0.2) is 0 Å². The van der Waals surface area contributed by atoms with Crippen LogP contribution in [0.2, 0.25) is 0 Å². The maximum atomic E-state index is 12.6. The van der Waals surface area contributed by atoms with E-state index >= 15 is 0 Å². The second-order valence-corrected chi connectivity index (χ2v) is 5.17. The van der Waals surface area contributed by atoms with Gasteiger partial charge in [0, 0.05) is 18.5 Å². The van der Waals surface area contributed by atoms with Crippen LogP contribution in [-0.2, 0) is 0 Å². The van der Waals surface area contributed by atoms with Crippen molar-refractivity contribution in [2.75, 3.05) is 18.0 Å². The Labute approximate surface area is 115 Å². The molecule has 0 bridgehead atoms. The second-order valence-electron chi connectivity index (χ2n) is 5.17. The third-order valence-electron chi connectivity index (χ3n) is 3.87. The van der Waals surface area contributed by atoms with Crippen molar-refractivity contribution in [1.29, 1.82) is 0 Å². The van der Waals surface area contributed by atoms with E-state index in [1.165, 1.54) is 0 Å². The van der Waals surface area contributed by atoms with E-state index in [9.17, 15) is 13.2 Å². The van der Waals surface area contributed by atoms with Crippen molar-refractivity contribution in [1.82, 2.24) is 4.98 Å². The standard InChI is InChI=1S/C15H15F3N2/c16-15(17,18)12-7-9-20(10-8-12)14-6-5-11-3-1-2-4-13(11)19-14/h1-6,12H,7-10H2. The predicted octanol–water partition coefficient (Wildman–Crippen LogP) is 4.01. The quantitative estimate of drug-likeness (QED) is 0.784. The first-order valence-corrected chi connectivity index (χ1v) is 6.71. The van der Waals surface area contributed by atoms with Crippen LogP contribution in [0.1, 0.15) is 12.8 Å². The molecule has 1 aromatic heterocycles. The molecule has 1 saturated heterocycles. The number of hydrogen-bond acceptors (Lipinski definition) is 2. The molecule has 2 nitrogen and oxygen atoms in total. The summed E-state index contributed by atoms with van der Waals surface area (Å²) in [4.78, 5) is 6.47. The summed E-state index contributed by atoms with van der Waals surface area (Å²) < 4.78 is 37.9. The lowest BCUT2D eigenvalue weighted by Crippen LogP contribution is -2.39. The molecular weight excluding hydrogens is 265 g/mol. The van der Waals surface area contributed by atoms with Crippen LogP contribution in [-0.4, -0.2) is 24.2 Å². The molecule has 3 rings (SSSR count). The topological polar surface area (TPSA) is 16.1 Å². The third-order valence-corrected chi connectivity index (χ3v) is 3.87. The minimum atomic E-state index is -4.07. The van der Waals surface area contributed by atoms with E-state index in [0.29, 0.717) is 13.1 Å². The van der Waals surface area contributed by atoms with E-state index in [0.717, 1.165) is 16.7 Å². The molecule has 0 aliphatic carbocycles. The van der Waals surface area contributed by atoms with Crippen molar-refractivity contribution in [2.45, 2.75) is 19.0 Å². The number of fused-ring (bicyclic) bond motifs is 1. The Morgan fingerprint density at radius 3 is 2.40 bits per heavy atom. The Morgan fingerprint density at radius 2 is 1.70 bits per heavy atom. The summed E-state index contributed by atoms with van der Waals surface area (Å²) in [5.41, 5.74) is 0.878. The molecule has 5 heteroatoms. The van der Waals surface area contributed by atoms with E-state index in [2.05, 4.69) is 4.98 Å². The first-order valence-electron chi connectivity index (χ1n) is 6.71. The summed E-state index contributed by atoms with van der Waals surface area (Å²) in [5, 5.41) is 1.04. The highest BCUT2D eigenvalue weighted by atomic mass is 19.4. The molecule has 0 atom stereocenters. The summed E-state index contributed by atoms with van der Waals surface area (Å²) in [7, 11) is 0. The lowest BCUT2D eigenvalue weighted by Gasteiger charge is -2.33. The Kier molecular flexibility index (Phi) is 3.28. The van der Waals surface area contributed by atoms with Gasteiger partial charge in [0.05, 0.1) is 11.4 Å². The lowest BCUT2D eigenvalue weighted by atomic mass is 9.96. The number of benzene rings is 1. The number of anilines is 1. The Morgan fingerprint density at radius 1 is 1.00 bits per heavy atom. The van der Waals surface area contributed by atoms with E-state index in [1.54, 1.807) is 0 Å². The molecule has 0 amide bonds. The Hall–Kier alpha value is -1.78. The highest BCUT2D eigenvalue weighted by Crippen LogP contribution is 2.35. The van der Waals surface area contributed by atoms with Crippen molar-refractivity contribution in [3.05, 3.63) is 36.4 Å². The number of nitrogens with zero attached hydrogens (tertiary/aromatic N) is 2. The van der Waals surface area contributed by atoms with Crippen LogP contribution in [0.15, 0.2) is 36.4 Å². The molecule has 1 aliphatic rings. The van der Waals surface area contributed by atoms with Crippen LogP contribution in [0.3, 0.4) is 0 Å². The van der Waals surface area contributed by atoms with Crippen molar-refractivity contribution >= 4 is 16.7 Å². The molecule has 0 radical (unpaired) electrons. The zero-order valence-electron chi connectivity index (χ0n) is 10.9. The molecule has 1 fully saturated rings. The van der Waals surface area contributed by atoms with Crippen LogP contribution >= 0.6 is 0 Å². The molecule has 0 spiro atoms. The fourth-order valence-electron chi connectivity index (χ4n) is 2.67. The molecule has 0 unspecified atom stereocenters. The molecule has 0 N–H and O–H groups in total. The van der Waals surface area contributed by atoms with E-state index < -0.39 is 12.1 Å². The van der Waals surface area contributed by atoms with Gasteiger partial charge in [0.25, 0.3) is 0 Å². The van der Waals surface area contributed by atoms with Crippen LogP contribution in [0.5, 0.6) is 0 Å². The summed E-state index contributed by atoms with van der Waals surface area (Å²) in [6.45, 7) is 0.824. The van der Waals surface area contributed by atoms with E-state index in [4.69, 9.17) is 0 Å². The van der Waals surface area contributed by atoms with Gasteiger partial charge in [-0.3, -0.25) is 0 Å². The summed E-state index contributed by atoms with van der Waals surface area (Å²) in [6.07, 6.45) is -3.76. The van der Waals surface area contributed by atoms with Gasteiger partial charge in [-0.05, 0) is 31.0 Å². The fourth-order valence-corrected chi connectivity index (χ4v) is 2.67. The highest BCUT2D eigenvalue weighted by Gasteiger charge is 2.41. The Bertz CT molecular complexity index is 601. The van der Waals surface area contributed by atoms with Gasteiger partial charge in [-0.2, -0.15) is 13.2 Å². The number of para-hydroxylation sites is 1. The lowest BCUT2D eigenvalue weighted by molar-refractivity contribution is -0.179. The molecule has 2 heterocycles. The minimum absolute atomic E-state index is 0.151. The van der Waals surface area contributed by atoms with Crippen molar-refractivity contribution in [2.24, 2.45) is 5.92 Å². The molecule has 1 aliphatic heterocycles. The van der Waals surface area contributed by atoms with Crippen LogP contribution in [0.25, 0.3) is 10.9 Å². The average molecular weight is 280 g/mol. The molecular formula is C15H15F3N2. The van der Waals surface area contributed by atoms with Crippen LogP contribution in [0, 0.1) is 5.92 Å². The largest absolute Gasteiger partial charge is 0.391 e. The second kappa shape index (κ2) is 4.96. The first kappa shape index (κ1) is 13.2. The first-order chi connectivity index (χ1) is 9.54. The van der Waals surface area contributed by atoms with Gasteiger partial charge >= 0.3 is 6.18 Å². The smallest absolute Gasteiger partial charge is 0.357 e. The van der Waals surface area contributed by atoms with Gasteiger partial charge in [-0.25, -0.2) is 4.98 Å². The minimum Gasteiger partial charge on any atom is -0.357 e. The number of pyridine rings is 1. The van der Waals surface area contributed by atoms with Crippen molar-refractivity contribution in [3.8, 4) is 0 Å². The number of alkyl halides is 3. The SMILES string of the molecule is FC(F)(F)C1CCN(c2ccc3ccccc3n2)CC1. The maximum Gasteiger partial charge on any atom is 0.391 e. The van der Waals surface area contributed by atoms with Gasteiger partial charge < -0.3 is 4.90 Å². The Balaban J connectivity index is 1.76. The van der Waals surface area contributed by atoms with Gasteiger partial charge in [0.2, 0.25) is 0 Å². The number of rotatable bonds is 1. The van der Waals surface area contributed by atoms with E-state index in [1.807, 2.05) is 41.3 Å². The zero-order chi connectivity index (χ0) is 14.2. The maximum absolute atomic E-state index is 12.6. The number of piperidine rings is 1. The van der Waals surface area contributed by atoms with Gasteiger partial charge in [-0.1, -0.05) is 18.2 Å². The number of halogens is 3. The van der Waals surface area contributed by atoms with Gasteiger partial charge in [0.1, 0.15) is 5.82 Å². The molecule has 106 valence electrons. The summed E-state index contributed by atoms with van der Waals surface area (Å²) >= 11 is 0. The van der Waals surface area contributed by atoms with Crippen molar-refractivity contribution < 1.29 is 13.2 Å². The fraction of sp³-hybridized carbons (Fsp3) is 0.400. The molecule has 0 saturated carbocycles. The number of aromatic nitrogens is 1. The molecule has 2 aromatic rings. The third kappa shape index (κ3) is 2.57. The highest BCUT2D eigenvalue weighted by molar-refractivity contribution is 5.80. The average Bonchev–Trinajstić information content (AvgIpc) is 2.46. The van der Waals surface area contributed by atoms with Gasteiger partial charge in [-0.15, -0.1) is 0 Å².